The van der Waals surface area contributed by atoms with Gasteiger partial charge in [-0.2, -0.15) is 0 Å². The van der Waals surface area contributed by atoms with Gasteiger partial charge in [0.25, 0.3) is 0 Å². The van der Waals surface area contributed by atoms with Gasteiger partial charge >= 0.3 is 5.97 Å². The lowest BCUT2D eigenvalue weighted by molar-refractivity contribution is -0.136. The molecular weight excluding hydrogens is 330 g/mol. The second-order valence-electron chi connectivity index (χ2n) is 8.90. The minimum Gasteiger partial charge on any atom is -0.478 e. The van der Waals surface area contributed by atoms with E-state index in [-0.39, 0.29) is 28.9 Å². The lowest BCUT2D eigenvalue weighted by Crippen LogP contribution is -2.58. The first-order chi connectivity index (χ1) is 12.3. The van der Waals surface area contributed by atoms with E-state index in [1.165, 1.54) is 0 Å². The van der Waals surface area contributed by atoms with E-state index in [2.05, 4.69) is 19.2 Å². The number of carboxylic acid groups (broad SMARTS) is 1. The van der Waals surface area contributed by atoms with Crippen molar-refractivity contribution >= 4 is 11.9 Å². The summed E-state index contributed by atoms with van der Waals surface area (Å²) in [5.74, 6) is -0.0198. The first-order valence-corrected chi connectivity index (χ1v) is 9.47. The van der Waals surface area contributed by atoms with Crippen molar-refractivity contribution in [1.29, 1.82) is 0 Å². The van der Waals surface area contributed by atoms with Gasteiger partial charge in [0, 0.05) is 19.6 Å². The van der Waals surface area contributed by atoms with E-state index in [9.17, 15) is 14.7 Å². The highest BCUT2D eigenvalue weighted by atomic mass is 16.5. The van der Waals surface area contributed by atoms with Crippen LogP contribution in [0.15, 0.2) is 24.3 Å². The Bertz CT molecular complexity index is 758. The fraction of sp³-hybridized carbons (Fsp3) is 0.619. The van der Waals surface area contributed by atoms with Gasteiger partial charge in [0.15, 0.2) is 0 Å². The van der Waals surface area contributed by atoms with E-state index in [1.54, 1.807) is 25.1 Å². The van der Waals surface area contributed by atoms with Gasteiger partial charge in [0.1, 0.15) is 0 Å². The van der Waals surface area contributed by atoms with Crippen molar-refractivity contribution in [3.8, 4) is 0 Å². The van der Waals surface area contributed by atoms with Crippen LogP contribution in [0.25, 0.3) is 0 Å². The van der Waals surface area contributed by atoms with Crippen LogP contribution in [-0.4, -0.2) is 29.6 Å². The van der Waals surface area contributed by atoms with Crippen LogP contribution in [0.4, 0.5) is 0 Å². The minimum absolute atomic E-state index is 0.0275. The predicted molar refractivity (Wildman–Crippen MR) is 96.7 cm³/mol. The van der Waals surface area contributed by atoms with Crippen molar-refractivity contribution in [2.45, 2.75) is 52.2 Å². The van der Waals surface area contributed by atoms with Crippen molar-refractivity contribution in [2.75, 3.05) is 6.61 Å². The van der Waals surface area contributed by atoms with E-state index in [0.29, 0.717) is 24.0 Å². The molecular formula is C21H27NO4. The van der Waals surface area contributed by atoms with E-state index < -0.39 is 5.97 Å². The predicted octanol–water partition coefficient (Wildman–Crippen LogP) is 3.40. The van der Waals surface area contributed by atoms with Gasteiger partial charge in [-0.15, -0.1) is 0 Å². The van der Waals surface area contributed by atoms with Crippen LogP contribution in [0.5, 0.6) is 0 Å². The average molecular weight is 357 g/mol. The molecule has 5 atom stereocenters. The molecule has 1 aromatic carbocycles. The highest BCUT2D eigenvalue weighted by molar-refractivity contribution is 5.87. The number of carbonyl (C=O) groups excluding carboxylic acids is 1. The molecule has 3 fully saturated rings. The van der Waals surface area contributed by atoms with Gasteiger partial charge in [-0.05, 0) is 59.6 Å². The maximum atomic E-state index is 11.9. The molecule has 1 aromatic rings. The largest absolute Gasteiger partial charge is 0.478 e. The Hall–Kier alpha value is -1.88. The molecule has 3 aliphatic rings. The van der Waals surface area contributed by atoms with E-state index in [4.69, 9.17) is 4.74 Å². The molecule has 0 radical (unpaired) electrons. The summed E-state index contributed by atoms with van der Waals surface area (Å²) < 4.78 is 6.18. The fourth-order valence-electron chi connectivity index (χ4n) is 6.17. The highest BCUT2D eigenvalue weighted by Crippen LogP contribution is 2.70. The summed E-state index contributed by atoms with van der Waals surface area (Å²) in [6.07, 6.45) is 3.05. The number of rotatable bonds is 3. The molecule has 5 heteroatoms. The number of carbonyl (C=O) groups is 2. The Morgan fingerprint density at radius 2 is 2.08 bits per heavy atom. The Balaban J connectivity index is 1.71. The van der Waals surface area contributed by atoms with Gasteiger partial charge in [-0.25, -0.2) is 4.79 Å². The van der Waals surface area contributed by atoms with E-state index in [0.717, 1.165) is 24.8 Å². The number of nitrogens with one attached hydrogen (secondary N) is 1. The molecule has 1 heterocycles. The van der Waals surface area contributed by atoms with Crippen molar-refractivity contribution in [3.05, 3.63) is 35.4 Å². The molecule has 140 valence electrons. The lowest BCUT2D eigenvalue weighted by Gasteiger charge is -2.53. The zero-order valence-corrected chi connectivity index (χ0v) is 15.6. The smallest absolute Gasteiger partial charge is 0.335 e. The van der Waals surface area contributed by atoms with Crippen LogP contribution in [-0.2, 0) is 9.53 Å². The van der Waals surface area contributed by atoms with Gasteiger partial charge in [0.2, 0.25) is 5.91 Å². The number of hydrogen-bond acceptors (Lipinski definition) is 3. The molecule has 0 aromatic heterocycles. The summed E-state index contributed by atoms with van der Waals surface area (Å²) in [5, 5.41) is 12.6. The lowest BCUT2D eigenvalue weighted by atomic mass is 9.59. The van der Waals surface area contributed by atoms with Crippen molar-refractivity contribution < 1.29 is 19.4 Å². The third kappa shape index (κ3) is 2.40. The molecule has 2 aliphatic carbocycles. The quantitative estimate of drug-likeness (QED) is 0.869. The fourth-order valence-corrected chi connectivity index (χ4v) is 6.17. The Morgan fingerprint density at radius 1 is 1.31 bits per heavy atom. The molecule has 2 N–H and O–H groups in total. The summed E-state index contributed by atoms with van der Waals surface area (Å²) in [5.41, 5.74) is 1.36. The zero-order chi connectivity index (χ0) is 18.7. The second kappa shape index (κ2) is 5.81. The summed E-state index contributed by atoms with van der Waals surface area (Å²) in [6, 6.07) is 7.28. The SMILES string of the molecule is CC(=O)N[C@H]1C(C)(C)[C@@H]2C[C@@H]3[C@@H](c4cccc(C(=O)O)c4)OCC[C@@]31C2. The molecule has 4 rings (SSSR count). The molecule has 0 unspecified atom stereocenters. The molecule has 2 saturated carbocycles. The van der Waals surface area contributed by atoms with E-state index in [1.807, 2.05) is 6.07 Å². The number of carboxylic acids is 1. The third-order valence-electron chi connectivity index (χ3n) is 7.31. The number of amides is 1. The molecule has 1 spiro atoms. The first-order valence-electron chi connectivity index (χ1n) is 9.47. The van der Waals surface area contributed by atoms with E-state index >= 15 is 0 Å². The number of benzene rings is 1. The second-order valence-corrected chi connectivity index (χ2v) is 8.90. The molecule has 1 amide bonds. The number of aromatic carboxylic acids is 1. The maximum Gasteiger partial charge on any atom is 0.335 e. The Kier molecular flexibility index (Phi) is 3.92. The van der Waals surface area contributed by atoms with Crippen LogP contribution in [0.1, 0.15) is 62.1 Å². The number of fused-ring (bicyclic) bond motifs is 1. The van der Waals surface area contributed by atoms with Crippen LogP contribution in [0, 0.1) is 22.7 Å². The monoisotopic (exact) mass is 357 g/mol. The van der Waals surface area contributed by atoms with Gasteiger partial charge in [-0.3, -0.25) is 4.79 Å². The van der Waals surface area contributed by atoms with Crippen LogP contribution >= 0.6 is 0 Å². The molecule has 1 saturated heterocycles. The number of hydrogen-bond donors (Lipinski definition) is 2. The van der Waals surface area contributed by atoms with Gasteiger partial charge < -0.3 is 15.2 Å². The van der Waals surface area contributed by atoms with Crippen LogP contribution < -0.4 is 5.32 Å². The molecule has 1 aliphatic heterocycles. The zero-order valence-electron chi connectivity index (χ0n) is 15.6. The standard InChI is InChI=1S/C21H27NO4/c1-12(23)22-19-20(2,3)15-10-16-17(26-8-7-21(16,19)11-15)13-5-4-6-14(9-13)18(24)25/h4-6,9,15-17,19H,7-8,10-11H2,1-3H3,(H,22,23)(H,24,25)/t15-,16-,17-,19+,21-/m1/s1. The van der Waals surface area contributed by atoms with Gasteiger partial charge in [0.05, 0.1) is 11.7 Å². The topological polar surface area (TPSA) is 75.6 Å². The third-order valence-corrected chi connectivity index (χ3v) is 7.31. The average Bonchev–Trinajstić information content (AvgIpc) is 3.07. The van der Waals surface area contributed by atoms with Gasteiger partial charge in [-0.1, -0.05) is 26.0 Å². The van der Waals surface area contributed by atoms with Crippen molar-refractivity contribution in [3.63, 3.8) is 0 Å². The minimum atomic E-state index is -0.914. The molecule has 5 nitrogen and oxygen atoms in total. The summed E-state index contributed by atoms with van der Waals surface area (Å²) >= 11 is 0. The highest BCUT2D eigenvalue weighted by Gasteiger charge is 2.68. The Labute approximate surface area is 154 Å². The van der Waals surface area contributed by atoms with Crippen LogP contribution in [0.3, 0.4) is 0 Å². The summed E-state index contributed by atoms with van der Waals surface area (Å²) in [4.78, 5) is 23.3. The normalized spacial score (nSPS) is 37.2. The summed E-state index contributed by atoms with van der Waals surface area (Å²) in [7, 11) is 0. The maximum absolute atomic E-state index is 11.9. The summed E-state index contributed by atoms with van der Waals surface area (Å²) in [6.45, 7) is 6.80. The van der Waals surface area contributed by atoms with Crippen molar-refractivity contribution in [2.24, 2.45) is 22.7 Å². The number of ether oxygens (including phenoxy) is 1. The van der Waals surface area contributed by atoms with Crippen molar-refractivity contribution in [1.82, 2.24) is 5.32 Å². The Morgan fingerprint density at radius 3 is 2.77 bits per heavy atom. The molecule has 26 heavy (non-hydrogen) atoms. The molecule has 2 bridgehead atoms. The first kappa shape index (κ1) is 17.5. The van der Waals surface area contributed by atoms with Crippen LogP contribution in [0.2, 0.25) is 0 Å².